The van der Waals surface area contributed by atoms with E-state index in [1.54, 1.807) is 6.21 Å². The maximum Gasteiger partial charge on any atom is 0.277 e. The first-order valence-corrected chi connectivity index (χ1v) is 10.7. The molecule has 0 saturated heterocycles. The summed E-state index contributed by atoms with van der Waals surface area (Å²) in [7, 11) is 6.08. The molecule has 0 aromatic heterocycles. The first-order chi connectivity index (χ1) is 14.6. The van der Waals surface area contributed by atoms with Crippen molar-refractivity contribution in [3.05, 3.63) is 53.1 Å². The second-order valence-corrected chi connectivity index (χ2v) is 9.22. The quantitative estimate of drug-likeness (QED) is 0.557. The van der Waals surface area contributed by atoms with Gasteiger partial charge in [-0.1, -0.05) is 13.0 Å². The number of nitrogens with zero attached hydrogens (tertiary/aromatic N) is 3. The monoisotopic (exact) mass is 422 g/mol. The van der Waals surface area contributed by atoms with E-state index in [0.29, 0.717) is 11.7 Å². The lowest BCUT2D eigenvalue weighted by Crippen LogP contribution is -2.45. The third-order valence-corrected chi connectivity index (χ3v) is 6.12. The van der Waals surface area contributed by atoms with E-state index in [-0.39, 0.29) is 18.1 Å². The molecular weight excluding hydrogens is 388 g/mol. The predicted octanol–water partition coefficient (Wildman–Crippen LogP) is 4.31. The zero-order valence-electron chi connectivity index (χ0n) is 19.7. The summed E-state index contributed by atoms with van der Waals surface area (Å²) in [5.41, 5.74) is 8.45. The van der Waals surface area contributed by atoms with Crippen LogP contribution in [-0.2, 0) is 4.79 Å². The van der Waals surface area contributed by atoms with Crippen LogP contribution in [0.25, 0.3) is 0 Å². The zero-order chi connectivity index (χ0) is 22.8. The van der Waals surface area contributed by atoms with Crippen LogP contribution in [0.1, 0.15) is 49.8 Å². The molecule has 0 aliphatic carbocycles. The molecule has 2 aromatic rings. The van der Waals surface area contributed by atoms with E-state index in [4.69, 9.17) is 4.74 Å². The fraction of sp³-hybridized carbons (Fsp3) is 0.440. The Labute approximate surface area is 185 Å². The van der Waals surface area contributed by atoms with Crippen molar-refractivity contribution in [2.45, 2.75) is 45.6 Å². The molecule has 0 fully saturated rings. The van der Waals surface area contributed by atoms with Crippen LogP contribution in [0.4, 0.5) is 11.4 Å². The maximum atomic E-state index is 12.1. The van der Waals surface area contributed by atoms with Gasteiger partial charge in [-0.05, 0) is 74.1 Å². The minimum atomic E-state index is -0.294. The number of rotatable bonds is 6. The van der Waals surface area contributed by atoms with Gasteiger partial charge in [0.15, 0.2) is 6.61 Å². The van der Waals surface area contributed by atoms with E-state index in [0.717, 1.165) is 23.2 Å². The van der Waals surface area contributed by atoms with Gasteiger partial charge in [0.1, 0.15) is 5.75 Å². The Balaban J connectivity index is 1.63. The van der Waals surface area contributed by atoms with Gasteiger partial charge in [-0.25, -0.2) is 5.43 Å². The van der Waals surface area contributed by atoms with Crippen LogP contribution >= 0.6 is 0 Å². The Kier molecular flexibility index (Phi) is 6.58. The second-order valence-electron chi connectivity index (χ2n) is 9.22. The highest BCUT2D eigenvalue weighted by Crippen LogP contribution is 2.43. The van der Waals surface area contributed by atoms with Gasteiger partial charge in [0, 0.05) is 44.1 Å². The lowest BCUT2D eigenvalue weighted by molar-refractivity contribution is -0.123. The molecule has 0 spiro atoms. The Morgan fingerprint density at radius 3 is 2.77 bits per heavy atom. The van der Waals surface area contributed by atoms with Gasteiger partial charge in [0.05, 0.1) is 6.21 Å². The van der Waals surface area contributed by atoms with Gasteiger partial charge >= 0.3 is 0 Å². The summed E-state index contributed by atoms with van der Waals surface area (Å²) >= 11 is 0. The standard InChI is InChI=1S/C25H34N4O2/c1-17-11-23-22(18(2)14-25(3,4)29(23)7)12-19(17)15-26-27-24(30)16-31-21-10-8-9-20(13-21)28(5)6/h8-13,15,18H,14,16H2,1-7H3,(H,27,30)/b26-15+. The number of carbonyl (C=O) groups is 1. The van der Waals surface area contributed by atoms with Gasteiger partial charge in [-0.15, -0.1) is 0 Å². The Morgan fingerprint density at radius 1 is 1.32 bits per heavy atom. The normalized spacial score (nSPS) is 17.4. The number of amides is 1. The number of ether oxygens (including phenoxy) is 1. The molecule has 1 N–H and O–H groups in total. The topological polar surface area (TPSA) is 57.2 Å². The van der Waals surface area contributed by atoms with E-state index in [9.17, 15) is 4.79 Å². The van der Waals surface area contributed by atoms with Gasteiger partial charge in [-0.3, -0.25) is 4.79 Å². The van der Waals surface area contributed by atoms with Crippen molar-refractivity contribution >= 4 is 23.5 Å². The number of fused-ring (bicyclic) bond motifs is 1. The number of hydrazone groups is 1. The summed E-state index contributed by atoms with van der Waals surface area (Å²) in [4.78, 5) is 16.5. The van der Waals surface area contributed by atoms with Crippen LogP contribution in [0.5, 0.6) is 5.75 Å². The zero-order valence-corrected chi connectivity index (χ0v) is 19.7. The highest BCUT2D eigenvalue weighted by molar-refractivity contribution is 5.86. The van der Waals surface area contributed by atoms with Crippen molar-refractivity contribution in [3.63, 3.8) is 0 Å². The number of aryl methyl sites for hydroxylation is 1. The first-order valence-electron chi connectivity index (χ1n) is 10.7. The predicted molar refractivity (Wildman–Crippen MR) is 129 cm³/mol. The number of anilines is 2. The van der Waals surface area contributed by atoms with Crippen LogP contribution in [0.2, 0.25) is 0 Å². The highest BCUT2D eigenvalue weighted by atomic mass is 16.5. The molecule has 2 aromatic carbocycles. The lowest BCUT2D eigenvalue weighted by Gasteiger charge is -2.45. The average Bonchev–Trinajstić information content (AvgIpc) is 2.71. The fourth-order valence-electron chi connectivity index (χ4n) is 4.08. The summed E-state index contributed by atoms with van der Waals surface area (Å²) in [5.74, 6) is 0.823. The molecule has 0 saturated carbocycles. The maximum absolute atomic E-state index is 12.1. The summed E-state index contributed by atoms with van der Waals surface area (Å²) in [6.45, 7) is 8.82. The summed E-state index contributed by atoms with van der Waals surface area (Å²) in [5, 5.41) is 4.16. The van der Waals surface area contributed by atoms with Crippen LogP contribution in [0.3, 0.4) is 0 Å². The molecule has 1 amide bonds. The van der Waals surface area contributed by atoms with Gasteiger partial charge < -0.3 is 14.5 Å². The molecular formula is C25H34N4O2. The highest BCUT2D eigenvalue weighted by Gasteiger charge is 2.34. The Hall–Kier alpha value is -3.02. The second kappa shape index (κ2) is 9.00. The molecule has 1 aliphatic rings. The third kappa shape index (κ3) is 5.19. The number of carbonyl (C=O) groups excluding carboxylic acids is 1. The van der Waals surface area contributed by atoms with Crippen molar-refractivity contribution in [1.29, 1.82) is 0 Å². The van der Waals surface area contributed by atoms with Crippen molar-refractivity contribution < 1.29 is 9.53 Å². The molecule has 3 rings (SSSR count). The molecule has 6 heteroatoms. The Bertz CT molecular complexity index is 981. The van der Waals surface area contributed by atoms with Gasteiger partial charge in [0.25, 0.3) is 5.91 Å². The SMILES string of the molecule is Cc1cc2c(cc1/C=N/NC(=O)COc1cccc(N(C)C)c1)C(C)CC(C)(C)N2C. The summed E-state index contributed by atoms with van der Waals surface area (Å²) in [6.07, 6.45) is 2.81. The molecule has 1 unspecified atom stereocenters. The lowest BCUT2D eigenvalue weighted by atomic mass is 9.79. The molecule has 0 radical (unpaired) electrons. The average molecular weight is 423 g/mol. The van der Waals surface area contributed by atoms with Crippen molar-refractivity contribution in [1.82, 2.24) is 5.43 Å². The van der Waals surface area contributed by atoms with Crippen molar-refractivity contribution in [2.24, 2.45) is 5.10 Å². The van der Waals surface area contributed by atoms with Crippen molar-refractivity contribution in [2.75, 3.05) is 37.5 Å². The van der Waals surface area contributed by atoms with Gasteiger partial charge in [-0.2, -0.15) is 5.10 Å². The largest absolute Gasteiger partial charge is 0.484 e. The molecule has 6 nitrogen and oxygen atoms in total. The molecule has 31 heavy (non-hydrogen) atoms. The van der Waals surface area contributed by atoms with Crippen LogP contribution in [0.15, 0.2) is 41.5 Å². The molecule has 166 valence electrons. The van der Waals surface area contributed by atoms with Crippen molar-refractivity contribution in [3.8, 4) is 5.75 Å². The smallest absolute Gasteiger partial charge is 0.277 e. The van der Waals surface area contributed by atoms with E-state index < -0.39 is 0 Å². The molecule has 1 heterocycles. The number of hydrogen-bond donors (Lipinski definition) is 1. The summed E-state index contributed by atoms with van der Waals surface area (Å²) in [6, 6.07) is 12.0. The minimum absolute atomic E-state index is 0.0890. The molecule has 0 bridgehead atoms. The van der Waals surface area contributed by atoms with Crippen LogP contribution < -0.4 is 20.0 Å². The summed E-state index contributed by atoms with van der Waals surface area (Å²) < 4.78 is 5.59. The Morgan fingerprint density at radius 2 is 2.06 bits per heavy atom. The number of hydrogen-bond acceptors (Lipinski definition) is 5. The van der Waals surface area contributed by atoms with Crippen LogP contribution in [0, 0.1) is 6.92 Å². The fourth-order valence-corrected chi connectivity index (χ4v) is 4.08. The minimum Gasteiger partial charge on any atom is -0.484 e. The van der Waals surface area contributed by atoms with Gasteiger partial charge in [0.2, 0.25) is 0 Å². The first kappa shape index (κ1) is 22.7. The number of benzene rings is 2. The molecule has 1 aliphatic heterocycles. The van der Waals surface area contributed by atoms with E-state index >= 15 is 0 Å². The molecule has 1 atom stereocenters. The number of nitrogens with one attached hydrogen (secondary N) is 1. The van der Waals surface area contributed by atoms with E-state index in [1.165, 1.54) is 11.3 Å². The van der Waals surface area contributed by atoms with E-state index in [1.807, 2.05) is 43.3 Å². The van der Waals surface area contributed by atoms with E-state index in [2.05, 4.69) is 62.3 Å². The van der Waals surface area contributed by atoms with Crippen LogP contribution in [-0.4, -0.2) is 45.4 Å². The third-order valence-electron chi connectivity index (χ3n) is 6.12.